The van der Waals surface area contributed by atoms with E-state index in [4.69, 9.17) is 0 Å². The molecule has 26 heavy (non-hydrogen) atoms. The van der Waals surface area contributed by atoms with Crippen molar-refractivity contribution in [1.82, 2.24) is 4.90 Å². The molecule has 3 rings (SSSR count). The first-order valence-corrected chi connectivity index (χ1v) is 8.33. The van der Waals surface area contributed by atoms with Crippen molar-refractivity contribution in [2.24, 2.45) is 0 Å². The van der Waals surface area contributed by atoms with E-state index in [-0.39, 0.29) is 37.5 Å². The number of fused-ring (bicyclic) bond motifs is 1. The number of carbonyl (C=O) groups is 3. The Morgan fingerprint density at radius 3 is 2.31 bits per heavy atom. The van der Waals surface area contributed by atoms with Gasteiger partial charge in [-0.1, -0.05) is 24.3 Å². The molecule has 1 atom stereocenters. The average molecular weight is 355 g/mol. The minimum atomic E-state index is -1.06. The summed E-state index contributed by atoms with van der Waals surface area (Å²) < 4.78 is 12.9. The lowest BCUT2D eigenvalue weighted by Gasteiger charge is -2.34. The van der Waals surface area contributed by atoms with E-state index in [1.54, 1.807) is 0 Å². The summed E-state index contributed by atoms with van der Waals surface area (Å²) in [6, 6.07) is 11.6. The number of halogens is 1. The Labute approximate surface area is 150 Å². The summed E-state index contributed by atoms with van der Waals surface area (Å²) in [7, 11) is 0. The molecule has 134 valence electrons. The minimum Gasteiger partial charge on any atom is -0.480 e. The standard InChI is InChI=1S/C20H18FNO4/c21-16-7-5-13(6-8-16)18(23)9-10-19(24)22-12-15-4-2-1-3-14(15)11-17(22)20(25)26/h1-8,17H,9-12H2,(H,25,26). The quantitative estimate of drug-likeness (QED) is 0.837. The van der Waals surface area contributed by atoms with Crippen molar-refractivity contribution >= 4 is 17.7 Å². The highest BCUT2D eigenvalue weighted by Crippen LogP contribution is 2.24. The Balaban J connectivity index is 1.68. The Kier molecular flexibility index (Phi) is 5.11. The van der Waals surface area contributed by atoms with Crippen LogP contribution in [0.25, 0.3) is 0 Å². The average Bonchev–Trinajstić information content (AvgIpc) is 2.65. The van der Waals surface area contributed by atoms with E-state index < -0.39 is 17.8 Å². The molecule has 2 aromatic carbocycles. The molecule has 2 aromatic rings. The fraction of sp³-hybridized carbons (Fsp3) is 0.250. The molecule has 0 spiro atoms. The molecule has 0 bridgehead atoms. The van der Waals surface area contributed by atoms with E-state index in [0.29, 0.717) is 5.56 Å². The number of Topliss-reactive ketones (excluding diaryl/α,β-unsaturated/α-hetero) is 1. The van der Waals surface area contributed by atoms with Crippen molar-refractivity contribution in [2.75, 3.05) is 0 Å². The van der Waals surface area contributed by atoms with Gasteiger partial charge in [-0.2, -0.15) is 0 Å². The largest absolute Gasteiger partial charge is 0.480 e. The number of ketones is 1. The third-order valence-electron chi connectivity index (χ3n) is 4.59. The van der Waals surface area contributed by atoms with E-state index in [9.17, 15) is 23.9 Å². The maximum absolute atomic E-state index is 12.9. The number of carboxylic acid groups (broad SMARTS) is 1. The fourth-order valence-corrected chi connectivity index (χ4v) is 3.15. The number of amides is 1. The molecular formula is C20H18FNO4. The van der Waals surface area contributed by atoms with Gasteiger partial charge in [0.15, 0.2) is 5.78 Å². The van der Waals surface area contributed by atoms with Gasteiger partial charge in [0.2, 0.25) is 5.91 Å². The lowest BCUT2D eigenvalue weighted by Crippen LogP contribution is -2.48. The van der Waals surface area contributed by atoms with Crippen LogP contribution in [-0.2, 0) is 22.6 Å². The molecule has 0 saturated heterocycles. The molecule has 1 heterocycles. The Bertz CT molecular complexity index is 847. The highest BCUT2D eigenvalue weighted by Gasteiger charge is 2.34. The number of benzene rings is 2. The maximum Gasteiger partial charge on any atom is 0.326 e. The van der Waals surface area contributed by atoms with Crippen LogP contribution in [0.2, 0.25) is 0 Å². The number of carboxylic acids is 1. The Morgan fingerprint density at radius 2 is 1.65 bits per heavy atom. The minimum absolute atomic E-state index is 0.0467. The van der Waals surface area contributed by atoms with Gasteiger partial charge in [0.05, 0.1) is 0 Å². The van der Waals surface area contributed by atoms with Crippen molar-refractivity contribution in [3.05, 3.63) is 71.0 Å². The summed E-state index contributed by atoms with van der Waals surface area (Å²) in [4.78, 5) is 37.6. The highest BCUT2D eigenvalue weighted by atomic mass is 19.1. The van der Waals surface area contributed by atoms with Gasteiger partial charge in [0.25, 0.3) is 0 Å². The molecule has 5 nitrogen and oxygen atoms in total. The number of hydrogen-bond acceptors (Lipinski definition) is 3. The van der Waals surface area contributed by atoms with E-state index in [1.807, 2.05) is 24.3 Å². The van der Waals surface area contributed by atoms with Gasteiger partial charge in [0.1, 0.15) is 11.9 Å². The first-order chi connectivity index (χ1) is 12.5. The van der Waals surface area contributed by atoms with Gasteiger partial charge in [0, 0.05) is 31.4 Å². The zero-order chi connectivity index (χ0) is 18.7. The predicted molar refractivity (Wildman–Crippen MR) is 92.1 cm³/mol. The molecular weight excluding hydrogens is 337 g/mol. The summed E-state index contributed by atoms with van der Waals surface area (Å²) in [5.41, 5.74) is 2.17. The van der Waals surface area contributed by atoms with Crippen LogP contribution in [0.5, 0.6) is 0 Å². The van der Waals surface area contributed by atoms with Crippen LogP contribution >= 0.6 is 0 Å². The molecule has 6 heteroatoms. The van der Waals surface area contributed by atoms with Gasteiger partial charge < -0.3 is 10.0 Å². The summed E-state index contributed by atoms with van der Waals surface area (Å²) in [6.45, 7) is 0.219. The number of aliphatic carboxylic acids is 1. The third kappa shape index (κ3) is 3.79. The van der Waals surface area contributed by atoms with E-state index in [0.717, 1.165) is 11.1 Å². The van der Waals surface area contributed by atoms with E-state index >= 15 is 0 Å². The van der Waals surface area contributed by atoms with Crippen molar-refractivity contribution < 1.29 is 23.9 Å². The van der Waals surface area contributed by atoms with Crippen molar-refractivity contribution in [3.63, 3.8) is 0 Å². The molecule has 0 aliphatic carbocycles. The fourth-order valence-electron chi connectivity index (χ4n) is 3.15. The van der Waals surface area contributed by atoms with Crippen LogP contribution in [0.3, 0.4) is 0 Å². The molecule has 1 unspecified atom stereocenters. The second-order valence-electron chi connectivity index (χ2n) is 6.28. The number of nitrogens with zero attached hydrogens (tertiary/aromatic N) is 1. The normalized spacial score (nSPS) is 16.0. The lowest BCUT2D eigenvalue weighted by atomic mass is 9.93. The topological polar surface area (TPSA) is 74.7 Å². The molecule has 0 aromatic heterocycles. The van der Waals surface area contributed by atoms with Crippen LogP contribution in [0.4, 0.5) is 4.39 Å². The summed E-state index contributed by atoms with van der Waals surface area (Å²) >= 11 is 0. The molecule has 0 fully saturated rings. The van der Waals surface area contributed by atoms with Crippen molar-refractivity contribution in [3.8, 4) is 0 Å². The number of carbonyl (C=O) groups excluding carboxylic acids is 2. The van der Waals surface area contributed by atoms with Crippen molar-refractivity contribution in [1.29, 1.82) is 0 Å². The first kappa shape index (κ1) is 17.8. The van der Waals surface area contributed by atoms with Crippen LogP contribution in [-0.4, -0.2) is 33.7 Å². The Hall–Kier alpha value is -3.02. The van der Waals surface area contributed by atoms with Gasteiger partial charge >= 0.3 is 5.97 Å². The van der Waals surface area contributed by atoms with Crippen LogP contribution in [0, 0.1) is 5.82 Å². The van der Waals surface area contributed by atoms with Gasteiger partial charge in [-0.3, -0.25) is 9.59 Å². The highest BCUT2D eigenvalue weighted by molar-refractivity contribution is 5.98. The predicted octanol–water partition coefficient (Wildman–Crippen LogP) is 2.83. The van der Waals surface area contributed by atoms with Crippen LogP contribution in [0.1, 0.15) is 34.3 Å². The molecule has 1 amide bonds. The summed E-state index contributed by atoms with van der Waals surface area (Å²) in [5, 5.41) is 9.47. The van der Waals surface area contributed by atoms with Crippen molar-refractivity contribution in [2.45, 2.75) is 31.8 Å². The molecule has 0 radical (unpaired) electrons. The zero-order valence-corrected chi connectivity index (χ0v) is 14.0. The smallest absolute Gasteiger partial charge is 0.326 e. The Morgan fingerprint density at radius 1 is 1.00 bits per heavy atom. The maximum atomic E-state index is 12.9. The second kappa shape index (κ2) is 7.47. The summed E-state index contributed by atoms with van der Waals surface area (Å²) in [6.07, 6.45) is 0.125. The lowest BCUT2D eigenvalue weighted by molar-refractivity contribution is -0.151. The van der Waals surface area contributed by atoms with Gasteiger partial charge in [-0.15, -0.1) is 0 Å². The second-order valence-corrected chi connectivity index (χ2v) is 6.28. The third-order valence-corrected chi connectivity index (χ3v) is 4.59. The molecule has 0 saturated carbocycles. The summed E-state index contributed by atoms with van der Waals surface area (Å²) in [5.74, 6) is -2.14. The molecule has 1 aliphatic rings. The zero-order valence-electron chi connectivity index (χ0n) is 14.0. The number of rotatable bonds is 5. The SMILES string of the molecule is O=C(CCC(=O)N1Cc2ccccc2CC1C(=O)O)c1ccc(F)cc1. The van der Waals surface area contributed by atoms with Gasteiger partial charge in [-0.25, -0.2) is 9.18 Å². The molecule has 1 N–H and O–H groups in total. The van der Waals surface area contributed by atoms with Crippen LogP contribution in [0.15, 0.2) is 48.5 Å². The first-order valence-electron chi connectivity index (χ1n) is 8.33. The molecule has 1 aliphatic heterocycles. The van der Waals surface area contributed by atoms with E-state index in [1.165, 1.54) is 29.2 Å². The van der Waals surface area contributed by atoms with E-state index in [2.05, 4.69) is 0 Å². The van der Waals surface area contributed by atoms with Gasteiger partial charge in [-0.05, 0) is 35.4 Å². The monoisotopic (exact) mass is 355 g/mol. The number of hydrogen-bond donors (Lipinski definition) is 1. The van der Waals surface area contributed by atoms with Crippen LogP contribution < -0.4 is 0 Å².